The Morgan fingerprint density at radius 3 is 2.74 bits per heavy atom. The highest BCUT2D eigenvalue weighted by molar-refractivity contribution is 6.12. The number of fused-ring (bicyclic) bond motifs is 1. The van der Waals surface area contributed by atoms with Crippen molar-refractivity contribution in [1.29, 1.82) is 0 Å². The van der Waals surface area contributed by atoms with Crippen molar-refractivity contribution in [3.63, 3.8) is 0 Å². The average Bonchev–Trinajstić information content (AvgIpc) is 2.66. The maximum atomic E-state index is 13.6. The van der Waals surface area contributed by atoms with Crippen LogP contribution < -0.4 is 5.32 Å². The molecular formula is C21H19FN2O3. The van der Waals surface area contributed by atoms with Crippen molar-refractivity contribution < 1.29 is 18.7 Å². The maximum Gasteiger partial charge on any atom is 0.338 e. The second-order valence-corrected chi connectivity index (χ2v) is 6.14. The summed E-state index contributed by atoms with van der Waals surface area (Å²) >= 11 is 0. The van der Waals surface area contributed by atoms with Crippen molar-refractivity contribution in [3.8, 4) is 0 Å². The zero-order chi connectivity index (χ0) is 19.4. The van der Waals surface area contributed by atoms with Crippen molar-refractivity contribution in [2.24, 2.45) is 0 Å². The van der Waals surface area contributed by atoms with Gasteiger partial charge in [-0.1, -0.05) is 13.0 Å². The van der Waals surface area contributed by atoms with E-state index >= 15 is 0 Å². The number of aromatic nitrogens is 1. The highest BCUT2D eigenvalue weighted by Crippen LogP contribution is 2.21. The molecule has 0 aliphatic carbocycles. The molecule has 0 unspecified atom stereocenters. The van der Waals surface area contributed by atoms with E-state index in [0.29, 0.717) is 40.0 Å². The fraction of sp³-hybridized carbons (Fsp3) is 0.190. The van der Waals surface area contributed by atoms with Gasteiger partial charge in [0, 0.05) is 16.8 Å². The molecule has 3 rings (SSSR count). The van der Waals surface area contributed by atoms with Crippen LogP contribution in [0.4, 0.5) is 10.1 Å². The smallest absolute Gasteiger partial charge is 0.338 e. The number of nitrogens with one attached hydrogen (secondary N) is 1. The lowest BCUT2D eigenvalue weighted by atomic mass is 10.1. The minimum Gasteiger partial charge on any atom is -0.462 e. The fourth-order valence-corrected chi connectivity index (χ4v) is 2.72. The third-order valence-electron chi connectivity index (χ3n) is 3.94. The van der Waals surface area contributed by atoms with E-state index < -0.39 is 17.7 Å². The number of halogens is 1. The van der Waals surface area contributed by atoms with Crippen LogP contribution in [0, 0.1) is 12.7 Å². The Morgan fingerprint density at radius 2 is 1.96 bits per heavy atom. The van der Waals surface area contributed by atoms with Crippen molar-refractivity contribution in [1.82, 2.24) is 4.98 Å². The minimum atomic E-state index is -0.444. The highest BCUT2D eigenvalue weighted by atomic mass is 19.1. The maximum absolute atomic E-state index is 13.6. The second kappa shape index (κ2) is 7.95. The summed E-state index contributed by atoms with van der Waals surface area (Å²) < 4.78 is 18.7. The van der Waals surface area contributed by atoms with Gasteiger partial charge in [-0.2, -0.15) is 0 Å². The van der Waals surface area contributed by atoms with Crippen molar-refractivity contribution in [2.45, 2.75) is 20.3 Å². The molecule has 5 nitrogen and oxygen atoms in total. The Balaban J connectivity index is 1.89. The van der Waals surface area contributed by atoms with Gasteiger partial charge in [-0.3, -0.25) is 9.78 Å². The number of aryl methyl sites for hydroxylation is 1. The van der Waals surface area contributed by atoms with Gasteiger partial charge in [0.05, 0.1) is 23.3 Å². The summed E-state index contributed by atoms with van der Waals surface area (Å²) in [4.78, 5) is 29.1. The molecule has 0 saturated heterocycles. The molecule has 0 fully saturated rings. The first-order valence-corrected chi connectivity index (χ1v) is 8.63. The summed E-state index contributed by atoms with van der Waals surface area (Å²) in [6.45, 7) is 4.01. The Bertz CT molecular complexity index is 1020. The van der Waals surface area contributed by atoms with Crippen LogP contribution in [0.3, 0.4) is 0 Å². The van der Waals surface area contributed by atoms with Crippen molar-refractivity contribution >= 4 is 28.5 Å². The lowest BCUT2D eigenvalue weighted by Gasteiger charge is -2.10. The number of carbonyl (C=O) groups is 2. The van der Waals surface area contributed by atoms with E-state index in [-0.39, 0.29) is 0 Å². The number of nitrogens with zero attached hydrogens (tertiary/aromatic N) is 1. The number of carbonyl (C=O) groups excluding carboxylic acids is 2. The van der Waals surface area contributed by atoms with Gasteiger partial charge >= 0.3 is 5.97 Å². The molecule has 0 spiro atoms. The monoisotopic (exact) mass is 366 g/mol. The van der Waals surface area contributed by atoms with Crippen molar-refractivity contribution in [2.75, 3.05) is 11.9 Å². The first-order valence-electron chi connectivity index (χ1n) is 8.63. The van der Waals surface area contributed by atoms with Crippen LogP contribution >= 0.6 is 0 Å². The Labute approximate surface area is 156 Å². The summed E-state index contributed by atoms with van der Waals surface area (Å²) in [5, 5.41) is 3.18. The summed E-state index contributed by atoms with van der Waals surface area (Å²) in [6, 6.07) is 12.2. The van der Waals surface area contributed by atoms with Crippen molar-refractivity contribution in [3.05, 3.63) is 71.2 Å². The molecule has 0 bridgehead atoms. The first kappa shape index (κ1) is 18.5. The van der Waals surface area contributed by atoms with Crippen LogP contribution in [0.2, 0.25) is 0 Å². The molecule has 1 heterocycles. The normalized spacial score (nSPS) is 10.6. The lowest BCUT2D eigenvalue weighted by Crippen LogP contribution is -2.14. The number of benzene rings is 2. The molecule has 3 aromatic rings. The van der Waals surface area contributed by atoms with Crippen LogP contribution in [0.1, 0.15) is 39.8 Å². The molecule has 6 heteroatoms. The van der Waals surface area contributed by atoms with Crippen LogP contribution in [0.5, 0.6) is 0 Å². The Morgan fingerprint density at radius 1 is 1.15 bits per heavy atom. The van der Waals surface area contributed by atoms with E-state index in [9.17, 15) is 14.0 Å². The van der Waals surface area contributed by atoms with E-state index in [0.717, 1.165) is 6.42 Å². The molecule has 27 heavy (non-hydrogen) atoms. The third-order valence-corrected chi connectivity index (χ3v) is 3.94. The van der Waals surface area contributed by atoms with E-state index in [1.165, 1.54) is 12.1 Å². The predicted octanol–water partition coefficient (Wildman–Crippen LogP) is 4.50. The van der Waals surface area contributed by atoms with Crippen LogP contribution in [-0.2, 0) is 4.74 Å². The van der Waals surface area contributed by atoms with Gasteiger partial charge in [0.25, 0.3) is 5.91 Å². The summed E-state index contributed by atoms with van der Waals surface area (Å²) in [5.74, 6) is -1.29. The van der Waals surface area contributed by atoms with E-state index in [1.807, 2.05) is 6.92 Å². The molecule has 1 N–H and O–H groups in total. The molecule has 0 saturated carbocycles. The third kappa shape index (κ3) is 4.28. The molecule has 0 radical (unpaired) electrons. The van der Waals surface area contributed by atoms with E-state index in [1.54, 1.807) is 43.3 Å². The Hall–Kier alpha value is -3.28. The molecule has 138 valence electrons. The van der Waals surface area contributed by atoms with Gasteiger partial charge in [0.2, 0.25) is 0 Å². The van der Waals surface area contributed by atoms with Crippen LogP contribution in [0.25, 0.3) is 10.9 Å². The zero-order valence-corrected chi connectivity index (χ0v) is 15.1. The minimum absolute atomic E-state index is 0.316. The van der Waals surface area contributed by atoms with E-state index in [2.05, 4.69) is 10.3 Å². The topological polar surface area (TPSA) is 68.3 Å². The number of hydrogen-bond donors (Lipinski definition) is 1. The average molecular weight is 366 g/mol. The summed E-state index contributed by atoms with van der Waals surface area (Å²) in [6.07, 6.45) is 0.729. The molecule has 0 aliphatic heterocycles. The summed E-state index contributed by atoms with van der Waals surface area (Å²) in [5.41, 5.74) is 2.30. The molecule has 2 aromatic carbocycles. The fourth-order valence-electron chi connectivity index (χ4n) is 2.72. The van der Waals surface area contributed by atoms with Gasteiger partial charge in [0.15, 0.2) is 0 Å². The number of amides is 1. The van der Waals surface area contributed by atoms with Gasteiger partial charge in [-0.05, 0) is 55.8 Å². The molecule has 1 amide bonds. The molecule has 1 aromatic heterocycles. The molecule has 0 aliphatic rings. The highest BCUT2D eigenvalue weighted by Gasteiger charge is 2.14. The number of pyridine rings is 1. The quantitative estimate of drug-likeness (QED) is 0.675. The number of anilines is 1. The van der Waals surface area contributed by atoms with Gasteiger partial charge < -0.3 is 10.1 Å². The largest absolute Gasteiger partial charge is 0.462 e. The molecular weight excluding hydrogens is 347 g/mol. The van der Waals surface area contributed by atoms with Gasteiger partial charge in [-0.15, -0.1) is 0 Å². The Kier molecular flexibility index (Phi) is 5.45. The summed E-state index contributed by atoms with van der Waals surface area (Å²) in [7, 11) is 0. The number of esters is 1. The van der Waals surface area contributed by atoms with Crippen LogP contribution in [-0.4, -0.2) is 23.5 Å². The van der Waals surface area contributed by atoms with Gasteiger partial charge in [0.1, 0.15) is 5.82 Å². The number of rotatable bonds is 5. The van der Waals surface area contributed by atoms with E-state index in [4.69, 9.17) is 4.74 Å². The predicted molar refractivity (Wildman–Crippen MR) is 101 cm³/mol. The standard InChI is InChI=1S/C21H19FN2O3/c1-3-9-27-21(26)14-5-4-6-16(11-14)24-20(25)18-10-13(2)23-19-8-7-15(22)12-17(18)19/h4-8,10-12H,3,9H2,1-2H3,(H,24,25). The number of hydrogen-bond acceptors (Lipinski definition) is 4. The number of ether oxygens (including phenoxy) is 1. The first-order chi connectivity index (χ1) is 13.0. The lowest BCUT2D eigenvalue weighted by molar-refractivity contribution is 0.0505. The SMILES string of the molecule is CCCOC(=O)c1cccc(NC(=O)c2cc(C)nc3ccc(F)cc23)c1. The van der Waals surface area contributed by atoms with Gasteiger partial charge in [-0.25, -0.2) is 9.18 Å². The van der Waals surface area contributed by atoms with Crippen LogP contribution in [0.15, 0.2) is 48.5 Å². The molecule has 0 atom stereocenters. The zero-order valence-electron chi connectivity index (χ0n) is 15.1. The second-order valence-electron chi connectivity index (χ2n) is 6.14.